The molecule has 1 N–H and O–H groups in total. The predicted octanol–water partition coefficient (Wildman–Crippen LogP) is 4.18. The number of aromatic amines is 1. The van der Waals surface area contributed by atoms with Crippen LogP contribution in [0.25, 0.3) is 10.9 Å². The van der Waals surface area contributed by atoms with Crippen molar-refractivity contribution in [1.29, 1.82) is 0 Å². The van der Waals surface area contributed by atoms with Gasteiger partial charge in [0.15, 0.2) is 0 Å². The lowest BCUT2D eigenvalue weighted by molar-refractivity contribution is 0.247. The van der Waals surface area contributed by atoms with Gasteiger partial charge in [-0.25, -0.2) is 0 Å². The van der Waals surface area contributed by atoms with E-state index in [1.807, 2.05) is 12.4 Å². The molecule has 2 nitrogen and oxygen atoms in total. The van der Waals surface area contributed by atoms with Gasteiger partial charge < -0.3 is 4.98 Å². The summed E-state index contributed by atoms with van der Waals surface area (Å²) in [7, 11) is 0. The van der Waals surface area contributed by atoms with Crippen LogP contribution in [0, 0.1) is 11.3 Å². The Bertz CT molecular complexity index is 491. The molecule has 17 heavy (non-hydrogen) atoms. The van der Waals surface area contributed by atoms with Gasteiger partial charge in [0.05, 0.1) is 11.7 Å². The Hall–Kier alpha value is -1.31. The molecular weight excluding hydrogens is 208 g/mol. The normalized spacial score (nSPS) is 14.1. The van der Waals surface area contributed by atoms with Crippen LogP contribution in [-0.4, -0.2) is 9.97 Å². The minimum absolute atomic E-state index is 0.396. The van der Waals surface area contributed by atoms with Gasteiger partial charge in [0.1, 0.15) is 0 Å². The predicted molar refractivity (Wildman–Crippen MR) is 73.0 cm³/mol. The third kappa shape index (κ3) is 2.68. The molecule has 0 aliphatic rings. The molecule has 92 valence electrons. The van der Waals surface area contributed by atoms with Crippen LogP contribution < -0.4 is 0 Å². The highest BCUT2D eigenvalue weighted by Gasteiger charge is 2.19. The molecule has 2 aromatic heterocycles. The average molecular weight is 230 g/mol. The Balaban J connectivity index is 2.09. The SMILES string of the molecule is CC(CCc1c[nH]c2cnccc12)C(C)(C)C. The molecule has 0 saturated carbocycles. The first-order valence-corrected chi connectivity index (χ1v) is 6.38. The molecule has 0 saturated heterocycles. The van der Waals surface area contributed by atoms with E-state index >= 15 is 0 Å². The molecule has 0 bridgehead atoms. The van der Waals surface area contributed by atoms with E-state index in [0.29, 0.717) is 5.41 Å². The van der Waals surface area contributed by atoms with Crippen LogP contribution in [-0.2, 0) is 6.42 Å². The molecule has 0 aliphatic heterocycles. The van der Waals surface area contributed by atoms with E-state index in [4.69, 9.17) is 0 Å². The molecule has 1 unspecified atom stereocenters. The molecule has 1 atom stereocenters. The number of aromatic nitrogens is 2. The number of rotatable bonds is 3. The number of nitrogens with one attached hydrogen (secondary N) is 1. The maximum absolute atomic E-state index is 4.13. The van der Waals surface area contributed by atoms with E-state index in [1.165, 1.54) is 17.4 Å². The second kappa shape index (κ2) is 4.52. The van der Waals surface area contributed by atoms with Gasteiger partial charge in [-0.2, -0.15) is 0 Å². The zero-order valence-corrected chi connectivity index (χ0v) is 11.2. The summed E-state index contributed by atoms with van der Waals surface area (Å²) in [6.07, 6.45) is 8.27. The highest BCUT2D eigenvalue weighted by Crippen LogP contribution is 2.30. The molecule has 2 aromatic rings. The van der Waals surface area contributed by atoms with E-state index < -0.39 is 0 Å². The van der Waals surface area contributed by atoms with E-state index in [0.717, 1.165) is 17.9 Å². The van der Waals surface area contributed by atoms with Gasteiger partial charge in [0.2, 0.25) is 0 Å². The zero-order valence-electron chi connectivity index (χ0n) is 11.2. The van der Waals surface area contributed by atoms with Crippen molar-refractivity contribution in [1.82, 2.24) is 9.97 Å². The van der Waals surface area contributed by atoms with Crippen molar-refractivity contribution in [2.45, 2.75) is 40.5 Å². The number of H-pyrrole nitrogens is 1. The summed E-state index contributed by atoms with van der Waals surface area (Å²) < 4.78 is 0. The number of fused-ring (bicyclic) bond motifs is 1. The molecule has 0 radical (unpaired) electrons. The molecular formula is C15H22N2. The van der Waals surface area contributed by atoms with Crippen molar-refractivity contribution in [2.75, 3.05) is 0 Å². The van der Waals surface area contributed by atoms with Crippen molar-refractivity contribution in [3.63, 3.8) is 0 Å². The highest BCUT2D eigenvalue weighted by atomic mass is 14.7. The van der Waals surface area contributed by atoms with Crippen LogP contribution >= 0.6 is 0 Å². The van der Waals surface area contributed by atoms with E-state index in [1.54, 1.807) is 0 Å². The van der Waals surface area contributed by atoms with Gasteiger partial charge in [0, 0.05) is 17.8 Å². The van der Waals surface area contributed by atoms with Gasteiger partial charge in [-0.15, -0.1) is 0 Å². The first-order valence-electron chi connectivity index (χ1n) is 6.38. The third-order valence-electron chi connectivity index (χ3n) is 3.89. The van der Waals surface area contributed by atoms with E-state index in [-0.39, 0.29) is 0 Å². The lowest BCUT2D eigenvalue weighted by Crippen LogP contribution is -2.17. The quantitative estimate of drug-likeness (QED) is 0.842. The molecule has 0 amide bonds. The fourth-order valence-corrected chi connectivity index (χ4v) is 2.04. The number of hydrogen-bond acceptors (Lipinski definition) is 1. The highest BCUT2D eigenvalue weighted by molar-refractivity contribution is 5.82. The Kier molecular flexibility index (Phi) is 3.23. The van der Waals surface area contributed by atoms with Crippen molar-refractivity contribution >= 4 is 10.9 Å². The van der Waals surface area contributed by atoms with Crippen LogP contribution in [0.5, 0.6) is 0 Å². The summed E-state index contributed by atoms with van der Waals surface area (Å²) in [5, 5.41) is 1.32. The van der Waals surface area contributed by atoms with Crippen molar-refractivity contribution < 1.29 is 0 Å². The minimum atomic E-state index is 0.396. The molecule has 2 heteroatoms. The fraction of sp³-hybridized carbons (Fsp3) is 0.533. The van der Waals surface area contributed by atoms with Gasteiger partial charge in [0.25, 0.3) is 0 Å². The summed E-state index contributed by atoms with van der Waals surface area (Å²) in [6.45, 7) is 9.29. The monoisotopic (exact) mass is 230 g/mol. The number of hydrogen-bond donors (Lipinski definition) is 1. The van der Waals surface area contributed by atoms with Crippen molar-refractivity contribution in [3.05, 3.63) is 30.2 Å². The lowest BCUT2D eigenvalue weighted by Gasteiger charge is -2.27. The Labute approximate surface area is 103 Å². The summed E-state index contributed by atoms with van der Waals surface area (Å²) in [6, 6.07) is 2.10. The van der Waals surface area contributed by atoms with Crippen molar-refractivity contribution in [2.24, 2.45) is 11.3 Å². The Morgan fingerprint density at radius 3 is 2.82 bits per heavy atom. The lowest BCUT2D eigenvalue weighted by atomic mass is 9.79. The molecule has 2 heterocycles. The summed E-state index contributed by atoms with van der Waals surface area (Å²) in [5.74, 6) is 0.731. The van der Waals surface area contributed by atoms with Crippen molar-refractivity contribution in [3.8, 4) is 0 Å². The number of aryl methyl sites for hydroxylation is 1. The smallest absolute Gasteiger partial charge is 0.0643 e. The van der Waals surface area contributed by atoms with Crippen LogP contribution in [0.15, 0.2) is 24.7 Å². The van der Waals surface area contributed by atoms with Crippen LogP contribution in [0.2, 0.25) is 0 Å². The second-order valence-corrected chi connectivity index (χ2v) is 6.04. The Morgan fingerprint density at radius 1 is 1.35 bits per heavy atom. The standard InChI is InChI=1S/C15H22N2/c1-11(15(2,3)4)5-6-12-9-17-14-10-16-8-7-13(12)14/h7-11,17H,5-6H2,1-4H3. The first kappa shape index (κ1) is 12.2. The molecule has 2 rings (SSSR count). The number of pyridine rings is 1. The zero-order chi connectivity index (χ0) is 12.5. The second-order valence-electron chi connectivity index (χ2n) is 6.04. The van der Waals surface area contributed by atoms with Crippen LogP contribution in [0.1, 0.15) is 39.7 Å². The fourth-order valence-electron chi connectivity index (χ4n) is 2.04. The minimum Gasteiger partial charge on any atom is -0.360 e. The summed E-state index contributed by atoms with van der Waals surface area (Å²) in [5.41, 5.74) is 2.96. The van der Waals surface area contributed by atoms with E-state index in [9.17, 15) is 0 Å². The maximum atomic E-state index is 4.13. The molecule has 0 aromatic carbocycles. The topological polar surface area (TPSA) is 28.7 Å². The average Bonchev–Trinajstić information content (AvgIpc) is 2.68. The summed E-state index contributed by atoms with van der Waals surface area (Å²) >= 11 is 0. The Morgan fingerprint density at radius 2 is 2.12 bits per heavy atom. The van der Waals surface area contributed by atoms with Gasteiger partial charge in [-0.3, -0.25) is 4.98 Å². The summed E-state index contributed by atoms with van der Waals surface area (Å²) in [4.78, 5) is 7.42. The van der Waals surface area contributed by atoms with E-state index in [2.05, 4.69) is 49.9 Å². The maximum Gasteiger partial charge on any atom is 0.0643 e. The third-order valence-corrected chi connectivity index (χ3v) is 3.89. The first-order chi connectivity index (χ1) is 7.98. The molecule has 0 spiro atoms. The molecule has 0 aliphatic carbocycles. The largest absolute Gasteiger partial charge is 0.360 e. The van der Waals surface area contributed by atoms with Gasteiger partial charge in [-0.05, 0) is 35.8 Å². The number of nitrogens with zero attached hydrogens (tertiary/aromatic N) is 1. The van der Waals surface area contributed by atoms with Gasteiger partial charge >= 0.3 is 0 Å². The van der Waals surface area contributed by atoms with Gasteiger partial charge in [-0.1, -0.05) is 27.7 Å². The van der Waals surface area contributed by atoms with Crippen LogP contribution in [0.3, 0.4) is 0 Å². The molecule has 0 fully saturated rings. The van der Waals surface area contributed by atoms with Crippen LogP contribution in [0.4, 0.5) is 0 Å².